The molecule has 144 valence electrons. The number of amides is 3. The zero-order chi connectivity index (χ0) is 19.6. The van der Waals surface area contributed by atoms with Crippen molar-refractivity contribution in [3.8, 4) is 0 Å². The Morgan fingerprint density at radius 2 is 1.67 bits per heavy atom. The molecule has 0 bridgehead atoms. The van der Waals surface area contributed by atoms with Crippen molar-refractivity contribution in [1.29, 1.82) is 0 Å². The lowest BCUT2D eigenvalue weighted by atomic mass is 10.1. The van der Waals surface area contributed by atoms with Gasteiger partial charge < -0.3 is 16.2 Å². The predicted molar refractivity (Wildman–Crippen MR) is 101 cm³/mol. The predicted octanol–water partition coefficient (Wildman–Crippen LogP) is 1.36. The SMILES string of the molecule is NC(=O)CN(CC(N)=O)C(=O)OCCCCCc1nccc2ccccc12. The quantitative estimate of drug-likeness (QED) is 0.608. The Morgan fingerprint density at radius 1 is 0.963 bits per heavy atom. The summed E-state index contributed by atoms with van der Waals surface area (Å²) in [6.07, 6.45) is 4.30. The van der Waals surface area contributed by atoms with Gasteiger partial charge in [-0.2, -0.15) is 0 Å². The summed E-state index contributed by atoms with van der Waals surface area (Å²) in [5, 5.41) is 2.32. The van der Waals surface area contributed by atoms with Gasteiger partial charge in [0.2, 0.25) is 11.8 Å². The van der Waals surface area contributed by atoms with Crippen molar-refractivity contribution in [3.63, 3.8) is 0 Å². The molecular weight excluding hydrogens is 348 g/mol. The van der Waals surface area contributed by atoms with E-state index >= 15 is 0 Å². The summed E-state index contributed by atoms with van der Waals surface area (Å²) in [5.41, 5.74) is 11.2. The van der Waals surface area contributed by atoms with E-state index in [1.807, 2.05) is 24.4 Å². The molecule has 0 aliphatic rings. The number of ether oxygens (including phenoxy) is 1. The molecule has 0 saturated heterocycles. The summed E-state index contributed by atoms with van der Waals surface area (Å²) < 4.78 is 5.08. The van der Waals surface area contributed by atoms with Crippen LogP contribution in [0.1, 0.15) is 25.0 Å². The number of carbonyl (C=O) groups excluding carboxylic acids is 3. The zero-order valence-electron chi connectivity index (χ0n) is 15.1. The normalized spacial score (nSPS) is 10.5. The van der Waals surface area contributed by atoms with Crippen LogP contribution < -0.4 is 11.5 Å². The van der Waals surface area contributed by atoms with Crippen molar-refractivity contribution in [2.75, 3.05) is 19.7 Å². The highest BCUT2D eigenvalue weighted by atomic mass is 16.6. The highest BCUT2D eigenvalue weighted by Crippen LogP contribution is 2.18. The standard InChI is InChI=1S/C19H24N4O4/c20-17(24)12-23(13-18(21)25)19(26)27-11-5-1-2-8-16-15-7-4-3-6-14(15)9-10-22-16/h3-4,6-7,9-10H,1-2,5,8,11-13H2,(H2,20,24)(H2,21,25). The van der Waals surface area contributed by atoms with E-state index in [1.54, 1.807) is 0 Å². The second-order valence-corrected chi connectivity index (χ2v) is 6.19. The van der Waals surface area contributed by atoms with Crippen molar-refractivity contribution < 1.29 is 19.1 Å². The van der Waals surface area contributed by atoms with Crippen molar-refractivity contribution >= 4 is 28.7 Å². The maximum absolute atomic E-state index is 11.9. The number of hydrogen-bond donors (Lipinski definition) is 2. The lowest BCUT2D eigenvalue weighted by Gasteiger charge is -2.18. The van der Waals surface area contributed by atoms with Gasteiger partial charge in [0, 0.05) is 17.3 Å². The lowest BCUT2D eigenvalue weighted by molar-refractivity contribution is -0.121. The Bertz CT molecular complexity index is 788. The molecule has 0 spiro atoms. The van der Waals surface area contributed by atoms with Crippen LogP contribution in [0.5, 0.6) is 0 Å². The van der Waals surface area contributed by atoms with Crippen LogP contribution in [0.2, 0.25) is 0 Å². The van der Waals surface area contributed by atoms with Crippen molar-refractivity contribution in [3.05, 3.63) is 42.2 Å². The number of unbranched alkanes of at least 4 members (excludes halogenated alkanes) is 2. The third-order valence-corrected chi connectivity index (χ3v) is 3.99. The maximum atomic E-state index is 11.9. The molecule has 0 aliphatic carbocycles. The molecule has 1 aromatic heterocycles. The van der Waals surface area contributed by atoms with E-state index in [0.717, 1.165) is 35.2 Å². The van der Waals surface area contributed by atoms with Gasteiger partial charge >= 0.3 is 6.09 Å². The Balaban J connectivity index is 1.72. The first-order valence-electron chi connectivity index (χ1n) is 8.78. The fourth-order valence-electron chi connectivity index (χ4n) is 2.76. The largest absolute Gasteiger partial charge is 0.449 e. The molecule has 0 atom stereocenters. The van der Waals surface area contributed by atoms with Crippen LogP contribution in [0.4, 0.5) is 4.79 Å². The van der Waals surface area contributed by atoms with E-state index in [9.17, 15) is 14.4 Å². The number of primary amides is 2. The van der Waals surface area contributed by atoms with E-state index in [4.69, 9.17) is 16.2 Å². The molecule has 2 rings (SSSR count). The first kappa shape index (κ1) is 20.2. The smallest absolute Gasteiger partial charge is 0.410 e. The van der Waals surface area contributed by atoms with Gasteiger partial charge in [0.25, 0.3) is 0 Å². The highest BCUT2D eigenvalue weighted by molar-refractivity contribution is 5.85. The van der Waals surface area contributed by atoms with Crippen LogP contribution in [0, 0.1) is 0 Å². The number of nitrogens with zero attached hydrogens (tertiary/aromatic N) is 2. The van der Waals surface area contributed by atoms with Crippen LogP contribution in [0.15, 0.2) is 36.5 Å². The molecule has 1 heterocycles. The molecule has 8 heteroatoms. The second kappa shape index (κ2) is 10.1. The molecule has 0 aliphatic heterocycles. The molecular formula is C19H24N4O4. The molecule has 0 unspecified atom stereocenters. The monoisotopic (exact) mass is 372 g/mol. The fraction of sp³-hybridized carbons (Fsp3) is 0.368. The van der Waals surface area contributed by atoms with E-state index in [2.05, 4.69) is 17.1 Å². The topological polar surface area (TPSA) is 129 Å². The molecule has 3 amide bonds. The van der Waals surface area contributed by atoms with Crippen LogP contribution in [-0.2, 0) is 20.7 Å². The van der Waals surface area contributed by atoms with E-state index in [0.29, 0.717) is 6.42 Å². The van der Waals surface area contributed by atoms with Gasteiger partial charge in [-0.05, 0) is 37.1 Å². The number of aromatic nitrogens is 1. The van der Waals surface area contributed by atoms with Crippen LogP contribution in [0.3, 0.4) is 0 Å². The van der Waals surface area contributed by atoms with Crippen LogP contribution >= 0.6 is 0 Å². The van der Waals surface area contributed by atoms with Gasteiger partial charge in [0.05, 0.1) is 6.61 Å². The summed E-state index contributed by atoms with van der Waals surface area (Å²) in [6, 6.07) is 10.1. The van der Waals surface area contributed by atoms with Gasteiger partial charge in [-0.25, -0.2) is 4.79 Å². The van der Waals surface area contributed by atoms with Gasteiger partial charge in [-0.15, -0.1) is 0 Å². The Morgan fingerprint density at radius 3 is 2.37 bits per heavy atom. The minimum absolute atomic E-state index is 0.190. The van der Waals surface area contributed by atoms with Crippen molar-refractivity contribution in [2.24, 2.45) is 11.5 Å². The second-order valence-electron chi connectivity index (χ2n) is 6.19. The molecule has 2 aromatic rings. The summed E-state index contributed by atoms with van der Waals surface area (Å²) in [6.45, 7) is -0.626. The number of fused-ring (bicyclic) bond motifs is 1. The zero-order valence-corrected chi connectivity index (χ0v) is 15.1. The Kier molecular flexibility index (Phi) is 7.54. The van der Waals surface area contributed by atoms with Crippen LogP contribution in [-0.4, -0.2) is 47.5 Å². The van der Waals surface area contributed by atoms with E-state index < -0.39 is 31.0 Å². The average Bonchev–Trinajstić information content (AvgIpc) is 2.63. The van der Waals surface area contributed by atoms with Gasteiger partial charge in [-0.3, -0.25) is 19.5 Å². The molecule has 0 radical (unpaired) electrons. The molecule has 8 nitrogen and oxygen atoms in total. The minimum atomic E-state index is -0.775. The lowest BCUT2D eigenvalue weighted by Crippen LogP contribution is -2.43. The first-order chi connectivity index (χ1) is 13.0. The molecule has 1 aromatic carbocycles. The number of benzene rings is 1. The minimum Gasteiger partial charge on any atom is -0.449 e. The number of nitrogens with two attached hydrogens (primary N) is 2. The molecule has 4 N–H and O–H groups in total. The number of carbonyl (C=O) groups is 3. The number of pyridine rings is 1. The van der Waals surface area contributed by atoms with Crippen molar-refractivity contribution in [2.45, 2.75) is 25.7 Å². The number of aryl methyl sites for hydroxylation is 1. The Labute approximate surface area is 157 Å². The Hall–Kier alpha value is -3.16. The van der Waals surface area contributed by atoms with Gasteiger partial charge in [0.15, 0.2) is 0 Å². The van der Waals surface area contributed by atoms with Crippen LogP contribution in [0.25, 0.3) is 10.8 Å². The molecule has 27 heavy (non-hydrogen) atoms. The first-order valence-corrected chi connectivity index (χ1v) is 8.78. The summed E-state index contributed by atoms with van der Waals surface area (Å²) >= 11 is 0. The average molecular weight is 372 g/mol. The molecule has 0 saturated carbocycles. The number of hydrogen-bond acceptors (Lipinski definition) is 5. The summed E-state index contributed by atoms with van der Waals surface area (Å²) in [4.78, 5) is 39.1. The van der Waals surface area contributed by atoms with Gasteiger partial charge in [-0.1, -0.05) is 24.3 Å². The fourth-order valence-corrected chi connectivity index (χ4v) is 2.76. The van der Waals surface area contributed by atoms with Gasteiger partial charge in [0.1, 0.15) is 13.1 Å². The highest BCUT2D eigenvalue weighted by Gasteiger charge is 2.19. The number of rotatable bonds is 10. The van der Waals surface area contributed by atoms with E-state index in [1.165, 1.54) is 5.39 Å². The summed E-state index contributed by atoms with van der Waals surface area (Å²) in [7, 11) is 0. The summed E-state index contributed by atoms with van der Waals surface area (Å²) in [5.74, 6) is -1.48. The third kappa shape index (κ3) is 6.58. The maximum Gasteiger partial charge on any atom is 0.410 e. The third-order valence-electron chi connectivity index (χ3n) is 3.99. The molecule has 0 fully saturated rings. The van der Waals surface area contributed by atoms with E-state index in [-0.39, 0.29) is 6.61 Å². The van der Waals surface area contributed by atoms with Crippen molar-refractivity contribution in [1.82, 2.24) is 9.88 Å².